The minimum atomic E-state index is 0.294. The number of nitrogens with one attached hydrogen (secondary N) is 1. The number of benzene rings is 2. The summed E-state index contributed by atoms with van der Waals surface area (Å²) in [6.07, 6.45) is 0.955. The molecule has 1 aliphatic rings. The smallest absolute Gasteiger partial charge is 0.127 e. The lowest BCUT2D eigenvalue weighted by atomic mass is 10.0. The highest BCUT2D eigenvalue weighted by molar-refractivity contribution is 6.30. The number of halogens is 1. The van der Waals surface area contributed by atoms with Crippen LogP contribution in [0, 0.1) is 6.92 Å². The van der Waals surface area contributed by atoms with Crippen molar-refractivity contribution < 1.29 is 4.74 Å². The van der Waals surface area contributed by atoms with Crippen LogP contribution in [0.1, 0.15) is 35.2 Å². The summed E-state index contributed by atoms with van der Waals surface area (Å²) in [6.45, 7) is 5.86. The highest BCUT2D eigenvalue weighted by atomic mass is 35.5. The number of hydrogen-bond acceptors (Lipinski definition) is 2. The van der Waals surface area contributed by atoms with Crippen LogP contribution in [0.5, 0.6) is 5.75 Å². The Kier molecular flexibility index (Phi) is 4.18. The first-order chi connectivity index (χ1) is 10.1. The van der Waals surface area contributed by atoms with Crippen molar-refractivity contribution in [1.82, 2.24) is 5.32 Å². The zero-order chi connectivity index (χ0) is 14.8. The van der Waals surface area contributed by atoms with E-state index in [4.69, 9.17) is 16.3 Å². The molecule has 1 atom stereocenters. The van der Waals surface area contributed by atoms with Crippen molar-refractivity contribution in [3.05, 3.63) is 63.7 Å². The van der Waals surface area contributed by atoms with Gasteiger partial charge in [-0.15, -0.1) is 0 Å². The monoisotopic (exact) mass is 301 g/mol. The van der Waals surface area contributed by atoms with Gasteiger partial charge in [0, 0.05) is 29.6 Å². The molecule has 0 aromatic heterocycles. The van der Waals surface area contributed by atoms with Crippen molar-refractivity contribution in [2.24, 2.45) is 0 Å². The van der Waals surface area contributed by atoms with Crippen molar-refractivity contribution in [3.8, 4) is 5.75 Å². The van der Waals surface area contributed by atoms with Gasteiger partial charge in [-0.05, 0) is 42.7 Å². The predicted molar refractivity (Wildman–Crippen MR) is 87.1 cm³/mol. The summed E-state index contributed by atoms with van der Waals surface area (Å²) in [5, 5.41) is 4.37. The van der Waals surface area contributed by atoms with Crippen LogP contribution in [0.2, 0.25) is 5.02 Å². The second kappa shape index (κ2) is 6.08. The lowest BCUT2D eigenvalue weighted by Crippen LogP contribution is -2.19. The summed E-state index contributed by atoms with van der Waals surface area (Å²) >= 11 is 6.20. The zero-order valence-electron chi connectivity index (χ0n) is 12.4. The van der Waals surface area contributed by atoms with Gasteiger partial charge >= 0.3 is 0 Å². The molecule has 1 N–H and O–H groups in total. The van der Waals surface area contributed by atoms with Crippen molar-refractivity contribution in [2.45, 2.75) is 32.9 Å². The van der Waals surface area contributed by atoms with Gasteiger partial charge in [0.1, 0.15) is 5.75 Å². The third-order valence-corrected chi connectivity index (χ3v) is 4.30. The first-order valence-corrected chi connectivity index (χ1v) is 7.76. The van der Waals surface area contributed by atoms with Crippen LogP contribution in [-0.4, -0.2) is 6.61 Å². The molecule has 1 aliphatic heterocycles. The third-order valence-electron chi connectivity index (χ3n) is 4.08. The second-order valence-corrected chi connectivity index (χ2v) is 6.05. The number of ether oxygens (including phenoxy) is 1. The Balaban J connectivity index is 1.75. The van der Waals surface area contributed by atoms with Gasteiger partial charge in [-0.1, -0.05) is 35.9 Å². The molecule has 2 aromatic carbocycles. The highest BCUT2D eigenvalue weighted by Gasteiger charge is 2.18. The number of aryl methyl sites for hydroxylation is 1. The van der Waals surface area contributed by atoms with E-state index < -0.39 is 0 Å². The number of hydrogen-bond donors (Lipinski definition) is 1. The minimum absolute atomic E-state index is 0.294. The molecular formula is C18H20ClNO. The summed E-state index contributed by atoms with van der Waals surface area (Å²) in [5.41, 5.74) is 5.01. The molecule has 0 saturated carbocycles. The van der Waals surface area contributed by atoms with Gasteiger partial charge in [0.15, 0.2) is 0 Å². The Morgan fingerprint density at radius 2 is 2.10 bits per heavy atom. The van der Waals surface area contributed by atoms with Crippen molar-refractivity contribution in [1.29, 1.82) is 0 Å². The minimum Gasteiger partial charge on any atom is -0.493 e. The van der Waals surface area contributed by atoms with Crippen LogP contribution in [0.3, 0.4) is 0 Å². The van der Waals surface area contributed by atoms with E-state index >= 15 is 0 Å². The van der Waals surface area contributed by atoms with E-state index in [1.54, 1.807) is 0 Å². The van der Waals surface area contributed by atoms with Crippen molar-refractivity contribution in [3.63, 3.8) is 0 Å². The van der Waals surface area contributed by atoms with Crippen LogP contribution in [0.4, 0.5) is 0 Å². The topological polar surface area (TPSA) is 21.3 Å². The third kappa shape index (κ3) is 3.07. The number of fused-ring (bicyclic) bond motifs is 1. The Labute approximate surface area is 131 Å². The molecule has 2 nitrogen and oxygen atoms in total. The highest BCUT2D eigenvalue weighted by Crippen LogP contribution is 2.33. The molecule has 110 valence electrons. The largest absolute Gasteiger partial charge is 0.493 e. The molecule has 2 aromatic rings. The molecule has 0 fully saturated rings. The molecule has 1 unspecified atom stereocenters. The van der Waals surface area contributed by atoms with Gasteiger partial charge in [-0.3, -0.25) is 0 Å². The summed E-state index contributed by atoms with van der Waals surface area (Å²) in [5.74, 6) is 1.02. The van der Waals surface area contributed by atoms with E-state index in [2.05, 4.69) is 43.4 Å². The molecule has 21 heavy (non-hydrogen) atoms. The maximum atomic E-state index is 6.20. The van der Waals surface area contributed by atoms with Gasteiger partial charge in [0.05, 0.1) is 6.61 Å². The van der Waals surface area contributed by atoms with Crippen LogP contribution < -0.4 is 10.1 Å². The van der Waals surface area contributed by atoms with E-state index in [0.717, 1.165) is 35.9 Å². The van der Waals surface area contributed by atoms with Gasteiger partial charge < -0.3 is 10.1 Å². The number of rotatable bonds is 4. The van der Waals surface area contributed by atoms with E-state index in [9.17, 15) is 0 Å². The molecule has 1 heterocycles. The lowest BCUT2D eigenvalue weighted by Gasteiger charge is -2.18. The molecule has 0 saturated heterocycles. The Bertz CT molecular complexity index is 654. The Hall–Kier alpha value is -1.51. The van der Waals surface area contributed by atoms with Gasteiger partial charge in [-0.25, -0.2) is 0 Å². The predicted octanol–water partition coefficient (Wildman–Crippen LogP) is 4.43. The summed E-state index contributed by atoms with van der Waals surface area (Å²) in [4.78, 5) is 0. The van der Waals surface area contributed by atoms with Gasteiger partial charge in [0.2, 0.25) is 0 Å². The van der Waals surface area contributed by atoms with Crippen molar-refractivity contribution in [2.75, 3.05) is 6.61 Å². The summed E-state index contributed by atoms with van der Waals surface area (Å²) in [7, 11) is 0. The summed E-state index contributed by atoms with van der Waals surface area (Å²) < 4.78 is 5.75. The average Bonchev–Trinajstić information content (AvgIpc) is 2.93. The van der Waals surface area contributed by atoms with Gasteiger partial charge in [-0.2, -0.15) is 0 Å². The standard InChI is InChI=1S/C18H20ClNO/c1-12-5-3-4-6-17(12)13(2)20-11-15-10-16(19)9-14-7-8-21-18(14)15/h3-6,9-10,13,20H,7-8,11H2,1-2H3. The molecule has 3 heteroatoms. The normalized spacial score (nSPS) is 14.6. The zero-order valence-corrected chi connectivity index (χ0v) is 13.2. The SMILES string of the molecule is Cc1ccccc1C(C)NCc1cc(Cl)cc2c1OCC2. The molecular weight excluding hydrogens is 282 g/mol. The summed E-state index contributed by atoms with van der Waals surface area (Å²) in [6, 6.07) is 12.8. The van der Waals surface area contributed by atoms with Crippen LogP contribution in [-0.2, 0) is 13.0 Å². The van der Waals surface area contributed by atoms with E-state index in [1.807, 2.05) is 12.1 Å². The fraction of sp³-hybridized carbons (Fsp3) is 0.333. The van der Waals surface area contributed by atoms with Crippen LogP contribution in [0.15, 0.2) is 36.4 Å². The van der Waals surface area contributed by atoms with Crippen molar-refractivity contribution >= 4 is 11.6 Å². The first-order valence-electron chi connectivity index (χ1n) is 7.38. The quantitative estimate of drug-likeness (QED) is 0.902. The van der Waals surface area contributed by atoms with Gasteiger partial charge in [0.25, 0.3) is 0 Å². The molecule has 0 amide bonds. The molecule has 0 aliphatic carbocycles. The van der Waals surface area contributed by atoms with Crippen LogP contribution in [0.25, 0.3) is 0 Å². The molecule has 0 bridgehead atoms. The van der Waals surface area contributed by atoms with Crippen LogP contribution >= 0.6 is 11.6 Å². The molecule has 3 rings (SSSR count). The fourth-order valence-corrected chi connectivity index (χ4v) is 3.19. The first kappa shape index (κ1) is 14.4. The molecule has 0 spiro atoms. The molecule has 0 radical (unpaired) electrons. The maximum Gasteiger partial charge on any atom is 0.127 e. The lowest BCUT2D eigenvalue weighted by molar-refractivity contribution is 0.351. The fourth-order valence-electron chi connectivity index (χ4n) is 2.92. The average molecular weight is 302 g/mol. The maximum absolute atomic E-state index is 6.20. The van der Waals surface area contributed by atoms with E-state index in [1.165, 1.54) is 16.7 Å². The van der Waals surface area contributed by atoms with E-state index in [0.29, 0.717) is 6.04 Å². The Morgan fingerprint density at radius 1 is 1.29 bits per heavy atom. The Morgan fingerprint density at radius 3 is 2.90 bits per heavy atom. The van der Waals surface area contributed by atoms with E-state index in [-0.39, 0.29) is 0 Å². The second-order valence-electron chi connectivity index (χ2n) is 5.61.